The van der Waals surface area contributed by atoms with Crippen LogP contribution in [0.5, 0.6) is 0 Å². The second kappa shape index (κ2) is 5.66. The number of hydrogen-bond donors (Lipinski definition) is 1. The standard InChI is InChI=1S/C13H15N3O4S/c1-15-7-6-14-12(15)9-16(2)21(19,20)11-5-3-4-10(8-11)13(17)18/h3-8H,9H2,1-2H3,(H,17,18). The molecule has 21 heavy (non-hydrogen) atoms. The summed E-state index contributed by atoms with van der Waals surface area (Å²) in [7, 11) is -0.571. The number of sulfonamides is 1. The van der Waals surface area contributed by atoms with E-state index < -0.39 is 16.0 Å². The lowest BCUT2D eigenvalue weighted by molar-refractivity contribution is 0.0696. The van der Waals surface area contributed by atoms with Crippen LogP contribution in [-0.4, -0.2) is 40.4 Å². The Bertz CT molecular complexity index is 767. The fourth-order valence-corrected chi connectivity index (χ4v) is 2.97. The first-order chi connectivity index (χ1) is 9.82. The van der Waals surface area contributed by atoms with E-state index >= 15 is 0 Å². The van der Waals surface area contributed by atoms with Crippen LogP contribution in [0.4, 0.5) is 0 Å². The van der Waals surface area contributed by atoms with Gasteiger partial charge in [0.05, 0.1) is 17.0 Å². The SMILES string of the molecule is CN(Cc1nccn1C)S(=O)(=O)c1cccc(C(=O)O)c1. The lowest BCUT2D eigenvalue weighted by atomic mass is 10.2. The fraction of sp³-hybridized carbons (Fsp3) is 0.231. The maximum atomic E-state index is 12.4. The Kier molecular flexibility index (Phi) is 4.10. The predicted octanol–water partition coefficient (Wildman–Crippen LogP) is 0.939. The molecule has 1 N–H and O–H groups in total. The molecule has 0 aliphatic heterocycles. The minimum Gasteiger partial charge on any atom is -0.478 e. The number of hydrogen-bond acceptors (Lipinski definition) is 4. The number of carbonyl (C=O) groups is 1. The number of carboxylic acid groups (broad SMARTS) is 1. The molecule has 7 nitrogen and oxygen atoms in total. The van der Waals surface area contributed by atoms with Gasteiger partial charge in [-0.25, -0.2) is 18.2 Å². The zero-order valence-corrected chi connectivity index (χ0v) is 12.4. The molecule has 0 saturated carbocycles. The molecule has 0 atom stereocenters. The number of carboxylic acids is 1. The molecule has 2 aromatic rings. The molecule has 1 aromatic heterocycles. The van der Waals surface area contributed by atoms with E-state index in [9.17, 15) is 13.2 Å². The van der Waals surface area contributed by atoms with E-state index in [1.54, 1.807) is 24.0 Å². The van der Waals surface area contributed by atoms with Gasteiger partial charge >= 0.3 is 5.97 Å². The first-order valence-electron chi connectivity index (χ1n) is 6.08. The van der Waals surface area contributed by atoms with Crippen molar-refractivity contribution in [2.24, 2.45) is 7.05 Å². The largest absolute Gasteiger partial charge is 0.478 e. The van der Waals surface area contributed by atoms with Crippen LogP contribution in [0, 0.1) is 0 Å². The van der Waals surface area contributed by atoms with Crippen molar-refractivity contribution in [2.75, 3.05) is 7.05 Å². The Hall–Kier alpha value is -2.19. The molecular weight excluding hydrogens is 294 g/mol. The van der Waals surface area contributed by atoms with Gasteiger partial charge in [0.15, 0.2) is 0 Å². The Morgan fingerprint density at radius 3 is 2.71 bits per heavy atom. The number of aromatic nitrogens is 2. The first-order valence-corrected chi connectivity index (χ1v) is 7.52. The highest BCUT2D eigenvalue weighted by Gasteiger charge is 2.23. The van der Waals surface area contributed by atoms with E-state index in [1.165, 1.54) is 25.2 Å². The van der Waals surface area contributed by atoms with Crippen LogP contribution in [0.25, 0.3) is 0 Å². The highest BCUT2D eigenvalue weighted by Crippen LogP contribution is 2.17. The molecule has 0 aliphatic rings. The van der Waals surface area contributed by atoms with Gasteiger partial charge < -0.3 is 9.67 Å². The third-order valence-corrected chi connectivity index (χ3v) is 4.87. The van der Waals surface area contributed by atoms with Crippen molar-refractivity contribution in [3.8, 4) is 0 Å². The summed E-state index contributed by atoms with van der Waals surface area (Å²) in [5, 5.41) is 8.94. The van der Waals surface area contributed by atoms with Gasteiger partial charge in [-0.3, -0.25) is 0 Å². The van der Waals surface area contributed by atoms with Crippen molar-refractivity contribution in [3.05, 3.63) is 48.0 Å². The van der Waals surface area contributed by atoms with Crippen molar-refractivity contribution in [3.63, 3.8) is 0 Å². The van der Waals surface area contributed by atoms with Crippen LogP contribution in [0.3, 0.4) is 0 Å². The maximum Gasteiger partial charge on any atom is 0.335 e. The van der Waals surface area contributed by atoms with E-state index in [4.69, 9.17) is 5.11 Å². The minimum absolute atomic E-state index is 0.0564. The fourth-order valence-electron chi connectivity index (χ4n) is 1.80. The second-order valence-electron chi connectivity index (χ2n) is 4.55. The van der Waals surface area contributed by atoms with Crippen molar-refractivity contribution in [1.29, 1.82) is 0 Å². The van der Waals surface area contributed by atoms with Crippen molar-refractivity contribution >= 4 is 16.0 Å². The minimum atomic E-state index is -3.77. The third-order valence-electron chi connectivity index (χ3n) is 3.07. The van der Waals surface area contributed by atoms with Gasteiger partial charge in [0.2, 0.25) is 10.0 Å². The van der Waals surface area contributed by atoms with Gasteiger partial charge in [-0.1, -0.05) is 6.07 Å². The normalized spacial score (nSPS) is 11.8. The molecule has 8 heteroatoms. The van der Waals surface area contributed by atoms with Gasteiger partial charge in [-0.05, 0) is 18.2 Å². The van der Waals surface area contributed by atoms with Gasteiger partial charge in [-0.2, -0.15) is 4.31 Å². The van der Waals surface area contributed by atoms with E-state index in [0.29, 0.717) is 5.82 Å². The summed E-state index contributed by atoms with van der Waals surface area (Å²) in [6.45, 7) is 0.100. The molecule has 2 rings (SSSR count). The number of imidazole rings is 1. The Labute approximate surface area is 122 Å². The average Bonchev–Trinajstić information content (AvgIpc) is 2.84. The monoisotopic (exact) mass is 309 g/mol. The number of nitrogens with zero attached hydrogens (tertiary/aromatic N) is 3. The van der Waals surface area contributed by atoms with Gasteiger partial charge in [-0.15, -0.1) is 0 Å². The smallest absolute Gasteiger partial charge is 0.335 e. The summed E-state index contributed by atoms with van der Waals surface area (Å²) < 4.78 is 27.7. The number of aryl methyl sites for hydroxylation is 1. The van der Waals surface area contributed by atoms with Gasteiger partial charge in [0.25, 0.3) is 0 Å². The Balaban J connectivity index is 2.31. The summed E-state index contributed by atoms with van der Waals surface area (Å²) in [5.41, 5.74) is -0.0681. The number of benzene rings is 1. The molecule has 0 saturated heterocycles. The number of rotatable bonds is 5. The summed E-state index contributed by atoms with van der Waals surface area (Å²) >= 11 is 0. The van der Waals surface area contributed by atoms with Crippen molar-refractivity contribution in [2.45, 2.75) is 11.4 Å². The van der Waals surface area contributed by atoms with Crippen LogP contribution in [0.1, 0.15) is 16.2 Å². The molecule has 0 aliphatic carbocycles. The first kappa shape index (κ1) is 15.2. The van der Waals surface area contributed by atoms with E-state index in [1.807, 2.05) is 0 Å². The van der Waals surface area contributed by atoms with Crippen LogP contribution in [0.2, 0.25) is 0 Å². The lowest BCUT2D eigenvalue weighted by Crippen LogP contribution is -2.27. The Morgan fingerprint density at radius 2 is 2.14 bits per heavy atom. The lowest BCUT2D eigenvalue weighted by Gasteiger charge is -2.17. The predicted molar refractivity (Wildman–Crippen MR) is 75.3 cm³/mol. The van der Waals surface area contributed by atoms with Crippen LogP contribution in [-0.2, 0) is 23.6 Å². The van der Waals surface area contributed by atoms with E-state index in [0.717, 1.165) is 10.4 Å². The quantitative estimate of drug-likeness (QED) is 0.887. The zero-order chi connectivity index (χ0) is 15.6. The van der Waals surface area contributed by atoms with Crippen molar-refractivity contribution < 1.29 is 18.3 Å². The highest BCUT2D eigenvalue weighted by molar-refractivity contribution is 7.89. The molecule has 112 valence electrons. The molecule has 0 spiro atoms. The average molecular weight is 309 g/mol. The van der Waals surface area contributed by atoms with Crippen LogP contribution in [0.15, 0.2) is 41.6 Å². The van der Waals surface area contributed by atoms with Crippen LogP contribution >= 0.6 is 0 Å². The van der Waals surface area contributed by atoms with Crippen molar-refractivity contribution in [1.82, 2.24) is 13.9 Å². The third kappa shape index (κ3) is 3.11. The van der Waals surface area contributed by atoms with Gasteiger partial charge in [0.1, 0.15) is 5.82 Å². The molecule has 1 aromatic carbocycles. The molecule has 0 amide bonds. The van der Waals surface area contributed by atoms with E-state index in [-0.39, 0.29) is 17.0 Å². The molecule has 0 bridgehead atoms. The number of aromatic carboxylic acids is 1. The summed E-state index contributed by atoms with van der Waals surface area (Å²) in [5.74, 6) is -0.575. The molecule has 0 fully saturated rings. The van der Waals surface area contributed by atoms with Gasteiger partial charge in [0, 0.05) is 26.5 Å². The molecule has 0 radical (unpaired) electrons. The van der Waals surface area contributed by atoms with E-state index in [2.05, 4.69) is 4.98 Å². The maximum absolute atomic E-state index is 12.4. The topological polar surface area (TPSA) is 92.5 Å². The Morgan fingerprint density at radius 1 is 1.43 bits per heavy atom. The summed E-state index contributed by atoms with van der Waals surface area (Å²) in [6, 6.07) is 5.27. The van der Waals surface area contributed by atoms with Crippen LogP contribution < -0.4 is 0 Å². The molecular formula is C13H15N3O4S. The summed E-state index contributed by atoms with van der Waals surface area (Å²) in [4.78, 5) is 14.9. The molecule has 0 unspecified atom stereocenters. The summed E-state index contributed by atoms with van der Waals surface area (Å²) in [6.07, 6.45) is 3.31. The second-order valence-corrected chi connectivity index (χ2v) is 6.59. The highest BCUT2D eigenvalue weighted by atomic mass is 32.2. The molecule has 1 heterocycles. The zero-order valence-electron chi connectivity index (χ0n) is 11.6.